The summed E-state index contributed by atoms with van der Waals surface area (Å²) < 4.78 is 4.94. The molecule has 0 aromatic heterocycles. The lowest BCUT2D eigenvalue weighted by atomic mass is 9.77. The summed E-state index contributed by atoms with van der Waals surface area (Å²) >= 11 is 0. The molecule has 2 rings (SSSR count). The lowest BCUT2D eigenvalue weighted by Crippen LogP contribution is -2.29. The highest BCUT2D eigenvalue weighted by Gasteiger charge is 2.41. The quantitative estimate of drug-likeness (QED) is 0.595. The van der Waals surface area contributed by atoms with Gasteiger partial charge in [-0.1, -0.05) is 0 Å². The Balaban J connectivity index is 1.85. The average molecular weight is 169 g/mol. The van der Waals surface area contributed by atoms with Crippen molar-refractivity contribution in [1.82, 2.24) is 4.90 Å². The Kier molecular flexibility index (Phi) is 1.95. The fraction of sp³-hybridized carbons (Fsp3) is 0.889. The molecule has 1 saturated heterocycles. The number of rotatable bonds is 1. The highest BCUT2D eigenvalue weighted by Crippen LogP contribution is 2.40. The van der Waals surface area contributed by atoms with Gasteiger partial charge < -0.3 is 9.64 Å². The molecule has 1 aliphatic heterocycles. The zero-order chi connectivity index (χ0) is 8.55. The number of carbonyl (C=O) groups is 1. The molecule has 68 valence electrons. The van der Waals surface area contributed by atoms with E-state index in [0.29, 0.717) is 6.61 Å². The van der Waals surface area contributed by atoms with E-state index in [4.69, 9.17) is 4.74 Å². The van der Waals surface area contributed by atoms with Crippen LogP contribution in [0.3, 0.4) is 0 Å². The number of hydrogen-bond donors (Lipinski definition) is 0. The van der Waals surface area contributed by atoms with Gasteiger partial charge in [0.05, 0.1) is 6.61 Å². The van der Waals surface area contributed by atoms with E-state index < -0.39 is 0 Å². The molecule has 0 spiro atoms. The van der Waals surface area contributed by atoms with Crippen LogP contribution in [-0.2, 0) is 4.74 Å². The molecule has 0 N–H and O–H groups in total. The molecule has 0 bridgehead atoms. The van der Waals surface area contributed by atoms with Gasteiger partial charge in [-0.3, -0.25) is 0 Å². The largest absolute Gasteiger partial charge is 0.450 e. The molecular formula is C9H15NO2. The van der Waals surface area contributed by atoms with Gasteiger partial charge in [0.2, 0.25) is 0 Å². The first-order valence-corrected chi connectivity index (χ1v) is 4.73. The fourth-order valence-corrected chi connectivity index (χ4v) is 2.12. The topological polar surface area (TPSA) is 29.5 Å². The summed E-state index contributed by atoms with van der Waals surface area (Å²) in [6, 6.07) is 0. The maximum Gasteiger partial charge on any atom is 0.409 e. The van der Waals surface area contributed by atoms with Crippen molar-refractivity contribution in [2.75, 3.05) is 19.7 Å². The molecular weight excluding hydrogens is 154 g/mol. The first-order chi connectivity index (χ1) is 5.81. The van der Waals surface area contributed by atoms with E-state index in [1.165, 1.54) is 12.8 Å². The Morgan fingerprint density at radius 2 is 2.00 bits per heavy atom. The van der Waals surface area contributed by atoms with E-state index in [1.807, 2.05) is 11.8 Å². The van der Waals surface area contributed by atoms with Crippen molar-refractivity contribution in [1.29, 1.82) is 0 Å². The number of hydrogen-bond acceptors (Lipinski definition) is 2. The fourth-order valence-electron chi connectivity index (χ4n) is 2.12. The molecule has 0 aromatic carbocycles. The Bertz CT molecular complexity index is 181. The lowest BCUT2D eigenvalue weighted by molar-refractivity contribution is 0.114. The first-order valence-electron chi connectivity index (χ1n) is 4.73. The van der Waals surface area contributed by atoms with Gasteiger partial charge in [-0.25, -0.2) is 4.79 Å². The number of ether oxygens (including phenoxy) is 1. The van der Waals surface area contributed by atoms with Crippen molar-refractivity contribution >= 4 is 6.09 Å². The molecule has 2 atom stereocenters. The van der Waals surface area contributed by atoms with Crippen LogP contribution in [0.4, 0.5) is 4.79 Å². The van der Waals surface area contributed by atoms with Crippen LogP contribution >= 0.6 is 0 Å². The van der Waals surface area contributed by atoms with Crippen LogP contribution < -0.4 is 0 Å². The van der Waals surface area contributed by atoms with Gasteiger partial charge in [-0.05, 0) is 31.6 Å². The maximum absolute atomic E-state index is 11.3. The van der Waals surface area contributed by atoms with Crippen LogP contribution in [0.15, 0.2) is 0 Å². The molecule has 2 unspecified atom stereocenters. The van der Waals surface area contributed by atoms with Gasteiger partial charge >= 0.3 is 6.09 Å². The average Bonchev–Trinajstić information content (AvgIpc) is 2.29. The minimum atomic E-state index is -0.119. The second-order valence-corrected chi connectivity index (χ2v) is 3.70. The van der Waals surface area contributed by atoms with Crippen LogP contribution in [0, 0.1) is 11.8 Å². The van der Waals surface area contributed by atoms with Gasteiger partial charge in [0, 0.05) is 13.1 Å². The van der Waals surface area contributed by atoms with Crippen molar-refractivity contribution in [3.63, 3.8) is 0 Å². The molecule has 3 heteroatoms. The van der Waals surface area contributed by atoms with Crippen molar-refractivity contribution in [3.05, 3.63) is 0 Å². The Morgan fingerprint density at radius 1 is 1.42 bits per heavy atom. The molecule has 3 nitrogen and oxygen atoms in total. The second-order valence-electron chi connectivity index (χ2n) is 3.70. The molecule has 2 fully saturated rings. The zero-order valence-electron chi connectivity index (χ0n) is 7.45. The summed E-state index contributed by atoms with van der Waals surface area (Å²) in [6.07, 6.45) is 2.49. The SMILES string of the molecule is CCOC(=O)N1CC2CCC2C1. The minimum absolute atomic E-state index is 0.119. The van der Waals surface area contributed by atoms with E-state index >= 15 is 0 Å². The summed E-state index contributed by atoms with van der Waals surface area (Å²) in [4.78, 5) is 13.1. The summed E-state index contributed by atoms with van der Waals surface area (Å²) in [5, 5.41) is 0. The Morgan fingerprint density at radius 3 is 2.42 bits per heavy atom. The molecule has 1 saturated carbocycles. The summed E-state index contributed by atoms with van der Waals surface area (Å²) in [5.41, 5.74) is 0. The first kappa shape index (κ1) is 7.90. The van der Waals surface area contributed by atoms with Gasteiger partial charge in [-0.2, -0.15) is 0 Å². The molecule has 1 amide bonds. The normalized spacial score (nSPS) is 32.6. The van der Waals surface area contributed by atoms with Gasteiger partial charge in [0.25, 0.3) is 0 Å². The zero-order valence-corrected chi connectivity index (χ0v) is 7.45. The Hall–Kier alpha value is -0.730. The molecule has 12 heavy (non-hydrogen) atoms. The van der Waals surface area contributed by atoms with E-state index in [-0.39, 0.29) is 6.09 Å². The summed E-state index contributed by atoms with van der Waals surface area (Å²) in [7, 11) is 0. The molecule has 1 aliphatic carbocycles. The van der Waals surface area contributed by atoms with Crippen molar-refractivity contribution < 1.29 is 9.53 Å². The van der Waals surface area contributed by atoms with Crippen molar-refractivity contribution in [3.8, 4) is 0 Å². The standard InChI is InChI=1S/C9H15NO2/c1-2-12-9(11)10-5-7-3-4-8(7)6-10/h7-8H,2-6H2,1H3. The highest BCUT2D eigenvalue weighted by molar-refractivity contribution is 5.68. The van der Waals surface area contributed by atoms with Crippen molar-refractivity contribution in [2.24, 2.45) is 11.8 Å². The minimum Gasteiger partial charge on any atom is -0.450 e. The van der Waals surface area contributed by atoms with Crippen LogP contribution in [0.5, 0.6) is 0 Å². The number of likely N-dealkylation sites (tertiary alicyclic amines) is 1. The number of amides is 1. The molecule has 2 aliphatic rings. The van der Waals surface area contributed by atoms with Crippen LogP contribution in [-0.4, -0.2) is 30.7 Å². The molecule has 0 aromatic rings. The van der Waals surface area contributed by atoms with E-state index in [1.54, 1.807) is 0 Å². The maximum atomic E-state index is 11.3. The third kappa shape index (κ3) is 1.17. The van der Waals surface area contributed by atoms with Crippen molar-refractivity contribution in [2.45, 2.75) is 19.8 Å². The lowest BCUT2D eigenvalue weighted by Gasteiger charge is -2.27. The van der Waals surface area contributed by atoms with Gasteiger partial charge in [0.15, 0.2) is 0 Å². The number of carbonyl (C=O) groups excluding carboxylic acids is 1. The summed E-state index contributed by atoms with van der Waals surface area (Å²) in [5.74, 6) is 1.57. The van der Waals surface area contributed by atoms with Crippen LogP contribution in [0.1, 0.15) is 19.8 Å². The van der Waals surface area contributed by atoms with E-state index in [2.05, 4.69) is 0 Å². The number of fused-ring (bicyclic) bond motifs is 1. The second kappa shape index (κ2) is 2.96. The highest BCUT2D eigenvalue weighted by atomic mass is 16.6. The summed E-state index contributed by atoms with van der Waals surface area (Å²) in [6.45, 7) is 4.21. The molecule has 1 heterocycles. The van der Waals surface area contributed by atoms with Crippen LogP contribution in [0.25, 0.3) is 0 Å². The molecule has 0 radical (unpaired) electrons. The van der Waals surface area contributed by atoms with Gasteiger partial charge in [0.1, 0.15) is 0 Å². The third-order valence-corrected chi connectivity index (χ3v) is 3.01. The Labute approximate surface area is 72.7 Å². The third-order valence-electron chi connectivity index (χ3n) is 3.01. The van der Waals surface area contributed by atoms with E-state index in [0.717, 1.165) is 24.9 Å². The number of nitrogens with zero attached hydrogens (tertiary/aromatic N) is 1. The van der Waals surface area contributed by atoms with E-state index in [9.17, 15) is 4.79 Å². The predicted octanol–water partition coefficient (Wildman–Crippen LogP) is 1.48. The smallest absolute Gasteiger partial charge is 0.409 e. The monoisotopic (exact) mass is 169 g/mol. The predicted molar refractivity (Wildman–Crippen MR) is 44.8 cm³/mol. The van der Waals surface area contributed by atoms with Crippen LogP contribution in [0.2, 0.25) is 0 Å². The van der Waals surface area contributed by atoms with Gasteiger partial charge in [-0.15, -0.1) is 0 Å².